The number of rotatable bonds is 10. The lowest BCUT2D eigenvalue weighted by Crippen LogP contribution is -2.42. The predicted molar refractivity (Wildman–Crippen MR) is 110 cm³/mol. The molecule has 0 fully saturated rings. The highest BCUT2D eigenvalue weighted by molar-refractivity contribution is 7.89. The Hall–Kier alpha value is -2.27. The van der Waals surface area contributed by atoms with Crippen molar-refractivity contribution in [3.05, 3.63) is 60.2 Å². The van der Waals surface area contributed by atoms with Gasteiger partial charge in [-0.25, -0.2) is 21.6 Å². The average Bonchev–Trinajstić information content (AvgIpc) is 2.70. The Balaban J connectivity index is 1.86. The van der Waals surface area contributed by atoms with E-state index in [9.17, 15) is 21.6 Å². The molecule has 0 saturated carbocycles. The maximum absolute atomic E-state index is 12.6. The van der Waals surface area contributed by atoms with Crippen molar-refractivity contribution in [2.45, 2.75) is 23.6 Å². The zero-order chi connectivity index (χ0) is 21.5. The van der Waals surface area contributed by atoms with Gasteiger partial charge in [-0.2, -0.15) is 4.31 Å². The molecule has 2 rings (SSSR count). The molecular weight excluding hydrogens is 414 g/mol. The summed E-state index contributed by atoms with van der Waals surface area (Å²) in [5.74, 6) is -0.513. The molecule has 0 aliphatic heterocycles. The zero-order valence-corrected chi connectivity index (χ0v) is 18.0. The number of sulfonamides is 2. The predicted octanol–water partition coefficient (Wildman–Crippen LogP) is 1.10. The summed E-state index contributed by atoms with van der Waals surface area (Å²) in [6, 6.07) is 14.3. The molecule has 10 heteroatoms. The van der Waals surface area contributed by atoms with Crippen LogP contribution < -0.4 is 10.0 Å². The third-order valence-electron chi connectivity index (χ3n) is 4.12. The topological polar surface area (TPSA) is 113 Å². The van der Waals surface area contributed by atoms with Crippen molar-refractivity contribution in [3.8, 4) is 0 Å². The van der Waals surface area contributed by atoms with Gasteiger partial charge in [0.2, 0.25) is 26.0 Å². The van der Waals surface area contributed by atoms with Gasteiger partial charge in [-0.05, 0) is 31.2 Å². The van der Waals surface area contributed by atoms with Crippen molar-refractivity contribution in [1.29, 1.82) is 0 Å². The van der Waals surface area contributed by atoms with Crippen LogP contribution in [-0.2, 0) is 24.8 Å². The third kappa shape index (κ3) is 6.36. The second kappa shape index (κ2) is 9.97. The Labute approximate surface area is 172 Å². The van der Waals surface area contributed by atoms with Crippen molar-refractivity contribution in [2.75, 3.05) is 26.2 Å². The maximum atomic E-state index is 12.6. The minimum atomic E-state index is -3.78. The molecule has 0 heterocycles. The molecule has 0 bridgehead atoms. The second-order valence-corrected chi connectivity index (χ2v) is 10.0. The molecule has 0 unspecified atom stereocenters. The number of nitrogens with zero attached hydrogens (tertiary/aromatic N) is 1. The van der Waals surface area contributed by atoms with Crippen LogP contribution in [0.1, 0.15) is 12.5 Å². The van der Waals surface area contributed by atoms with E-state index in [1.165, 1.54) is 24.3 Å². The van der Waals surface area contributed by atoms with Gasteiger partial charge in [-0.1, -0.05) is 42.8 Å². The molecule has 158 valence electrons. The van der Waals surface area contributed by atoms with Crippen LogP contribution in [0.5, 0.6) is 0 Å². The number of hydrogen-bond acceptors (Lipinski definition) is 5. The van der Waals surface area contributed by atoms with Gasteiger partial charge in [0.1, 0.15) is 0 Å². The summed E-state index contributed by atoms with van der Waals surface area (Å²) in [7, 11) is -7.45. The Kier molecular flexibility index (Phi) is 7.91. The lowest BCUT2D eigenvalue weighted by molar-refractivity contribution is -0.121. The number of nitrogens with one attached hydrogen (secondary N) is 2. The van der Waals surface area contributed by atoms with Crippen LogP contribution in [0.3, 0.4) is 0 Å². The number of amides is 1. The van der Waals surface area contributed by atoms with Gasteiger partial charge in [0.15, 0.2) is 0 Å². The van der Waals surface area contributed by atoms with E-state index < -0.39 is 26.0 Å². The van der Waals surface area contributed by atoms with Crippen molar-refractivity contribution < 1.29 is 21.6 Å². The Morgan fingerprint density at radius 2 is 1.52 bits per heavy atom. The van der Waals surface area contributed by atoms with Gasteiger partial charge in [-0.15, -0.1) is 0 Å². The summed E-state index contributed by atoms with van der Waals surface area (Å²) in [6.07, 6.45) is 0. The minimum absolute atomic E-state index is 0.0144. The van der Waals surface area contributed by atoms with Crippen LogP contribution >= 0.6 is 0 Å². The highest BCUT2D eigenvalue weighted by Gasteiger charge is 2.24. The van der Waals surface area contributed by atoms with E-state index in [1.807, 2.05) is 6.92 Å². The number of carbonyl (C=O) groups is 1. The highest BCUT2D eigenvalue weighted by Crippen LogP contribution is 2.14. The summed E-state index contributed by atoms with van der Waals surface area (Å²) in [6.45, 7) is 3.30. The first-order valence-corrected chi connectivity index (χ1v) is 12.0. The van der Waals surface area contributed by atoms with Gasteiger partial charge < -0.3 is 5.32 Å². The van der Waals surface area contributed by atoms with E-state index in [0.29, 0.717) is 0 Å². The molecule has 0 aliphatic rings. The monoisotopic (exact) mass is 439 g/mol. The summed E-state index contributed by atoms with van der Waals surface area (Å²) in [5, 5.41) is 2.53. The molecule has 8 nitrogen and oxygen atoms in total. The number of aryl methyl sites for hydroxylation is 1. The lowest BCUT2D eigenvalue weighted by Gasteiger charge is -2.20. The largest absolute Gasteiger partial charge is 0.354 e. The highest BCUT2D eigenvalue weighted by atomic mass is 32.2. The van der Waals surface area contributed by atoms with Gasteiger partial charge >= 0.3 is 0 Å². The third-order valence-corrected chi connectivity index (χ3v) is 7.54. The molecule has 2 aromatic rings. The van der Waals surface area contributed by atoms with Crippen molar-refractivity contribution >= 4 is 26.0 Å². The smallest absolute Gasteiger partial charge is 0.243 e. The minimum Gasteiger partial charge on any atom is -0.354 e. The molecular formula is C19H25N3O5S2. The van der Waals surface area contributed by atoms with Gasteiger partial charge in [-0.3, -0.25) is 4.79 Å². The first-order valence-electron chi connectivity index (χ1n) is 9.05. The van der Waals surface area contributed by atoms with E-state index in [2.05, 4.69) is 10.0 Å². The van der Waals surface area contributed by atoms with E-state index in [0.717, 1.165) is 9.87 Å². The van der Waals surface area contributed by atoms with Crippen LogP contribution in [0, 0.1) is 6.92 Å². The van der Waals surface area contributed by atoms with Gasteiger partial charge in [0.05, 0.1) is 16.3 Å². The molecule has 0 atom stereocenters. The standard InChI is InChI=1S/C19H25N3O5S2/c1-3-22(29(26,27)18-7-5-4-6-8-18)15-19(23)20-13-14-21-28(24,25)17-11-9-16(2)10-12-17/h4-12,21H,3,13-15H2,1-2H3,(H,20,23). The fourth-order valence-corrected chi connectivity index (χ4v) is 4.97. The van der Waals surface area contributed by atoms with E-state index in [4.69, 9.17) is 0 Å². The van der Waals surface area contributed by atoms with Crippen LogP contribution in [0.4, 0.5) is 0 Å². The first-order chi connectivity index (χ1) is 13.7. The van der Waals surface area contributed by atoms with E-state index >= 15 is 0 Å². The van der Waals surface area contributed by atoms with Crippen molar-refractivity contribution in [2.24, 2.45) is 0 Å². The molecule has 0 radical (unpaired) electrons. The molecule has 0 saturated heterocycles. The molecule has 0 aliphatic carbocycles. The summed E-state index contributed by atoms with van der Waals surface area (Å²) < 4.78 is 53.0. The van der Waals surface area contributed by atoms with Crippen molar-refractivity contribution in [1.82, 2.24) is 14.3 Å². The van der Waals surface area contributed by atoms with Gasteiger partial charge in [0.25, 0.3) is 0 Å². The molecule has 2 aromatic carbocycles. The normalized spacial score (nSPS) is 12.1. The Morgan fingerprint density at radius 1 is 0.897 bits per heavy atom. The molecule has 1 amide bonds. The second-order valence-electron chi connectivity index (χ2n) is 6.31. The zero-order valence-electron chi connectivity index (χ0n) is 16.3. The number of hydrogen-bond donors (Lipinski definition) is 2. The van der Waals surface area contributed by atoms with Gasteiger partial charge in [0, 0.05) is 19.6 Å². The van der Waals surface area contributed by atoms with Crippen LogP contribution in [-0.4, -0.2) is 53.2 Å². The lowest BCUT2D eigenvalue weighted by atomic mass is 10.2. The fourth-order valence-electron chi connectivity index (χ4n) is 2.51. The Morgan fingerprint density at radius 3 is 2.10 bits per heavy atom. The average molecular weight is 440 g/mol. The summed E-state index contributed by atoms with van der Waals surface area (Å²) in [5.41, 5.74) is 0.946. The van der Waals surface area contributed by atoms with Crippen molar-refractivity contribution in [3.63, 3.8) is 0 Å². The number of carbonyl (C=O) groups excluding carboxylic acids is 1. The van der Waals surface area contributed by atoms with E-state index in [1.54, 1.807) is 37.3 Å². The number of likely N-dealkylation sites (N-methyl/N-ethyl adjacent to an activating group) is 1. The molecule has 0 aromatic heterocycles. The summed E-state index contributed by atoms with van der Waals surface area (Å²) in [4.78, 5) is 12.4. The molecule has 0 spiro atoms. The first kappa shape index (κ1) is 23.0. The van der Waals surface area contributed by atoms with E-state index in [-0.39, 0.29) is 36.0 Å². The van der Waals surface area contributed by atoms with Crippen LogP contribution in [0.15, 0.2) is 64.4 Å². The fraction of sp³-hybridized carbons (Fsp3) is 0.316. The van der Waals surface area contributed by atoms with Crippen LogP contribution in [0.2, 0.25) is 0 Å². The number of benzene rings is 2. The SMILES string of the molecule is CCN(CC(=O)NCCNS(=O)(=O)c1ccc(C)cc1)S(=O)(=O)c1ccccc1. The van der Waals surface area contributed by atoms with Crippen LogP contribution in [0.25, 0.3) is 0 Å². The molecule has 2 N–H and O–H groups in total. The maximum Gasteiger partial charge on any atom is 0.243 e. The quantitative estimate of drug-likeness (QED) is 0.539. The Bertz CT molecular complexity index is 1020. The molecule has 29 heavy (non-hydrogen) atoms. The summed E-state index contributed by atoms with van der Waals surface area (Å²) >= 11 is 0.